The summed E-state index contributed by atoms with van der Waals surface area (Å²) in [5.74, 6) is 0.195. The molecule has 3 saturated heterocycles. The van der Waals surface area contributed by atoms with E-state index in [4.69, 9.17) is 5.26 Å². The number of benzene rings is 2. The van der Waals surface area contributed by atoms with Gasteiger partial charge in [0.15, 0.2) is 0 Å². The van der Waals surface area contributed by atoms with Crippen LogP contribution in [0.5, 0.6) is 0 Å². The number of likely N-dealkylation sites (tertiary alicyclic amines) is 1. The fraction of sp³-hybridized carbons (Fsp3) is 0.423. The Balaban J connectivity index is 1.38. The van der Waals surface area contributed by atoms with Gasteiger partial charge in [0.2, 0.25) is 5.91 Å². The summed E-state index contributed by atoms with van der Waals surface area (Å²) in [5, 5.41) is 9.01. The number of nitrogens with zero attached hydrogens (tertiary/aromatic N) is 5. The van der Waals surface area contributed by atoms with Gasteiger partial charge in [0, 0.05) is 57.7 Å². The molecule has 7 heteroatoms. The molecule has 2 aromatic rings. The number of piperazine rings is 1. The second-order valence-electron chi connectivity index (χ2n) is 9.35. The molecule has 1 atom stereocenters. The highest BCUT2D eigenvalue weighted by Crippen LogP contribution is 2.42. The molecular weight excluding hydrogens is 414 g/mol. The minimum atomic E-state index is -0.347. The second kappa shape index (κ2) is 8.62. The van der Waals surface area contributed by atoms with Gasteiger partial charge in [-0.25, -0.2) is 0 Å². The average molecular weight is 444 g/mol. The van der Waals surface area contributed by atoms with E-state index < -0.39 is 0 Å². The second-order valence-corrected chi connectivity index (χ2v) is 9.35. The molecule has 33 heavy (non-hydrogen) atoms. The molecule has 0 unspecified atom stereocenters. The third-order valence-corrected chi connectivity index (χ3v) is 7.47. The summed E-state index contributed by atoms with van der Waals surface area (Å²) in [5.41, 5.74) is 1.94. The van der Waals surface area contributed by atoms with Crippen LogP contribution in [0.3, 0.4) is 0 Å². The predicted molar refractivity (Wildman–Crippen MR) is 124 cm³/mol. The van der Waals surface area contributed by atoms with Crippen molar-refractivity contribution in [2.45, 2.75) is 31.1 Å². The molecular formula is C26H29N5O2. The van der Waals surface area contributed by atoms with E-state index in [-0.39, 0.29) is 23.5 Å². The highest BCUT2D eigenvalue weighted by molar-refractivity contribution is 5.94. The maximum atomic E-state index is 13.6. The number of hydrogen-bond acceptors (Lipinski definition) is 5. The molecule has 3 aliphatic rings. The lowest BCUT2D eigenvalue weighted by Crippen LogP contribution is -2.63. The minimum Gasteiger partial charge on any atom is -0.338 e. The molecule has 7 nitrogen and oxygen atoms in total. The molecule has 2 amide bonds. The summed E-state index contributed by atoms with van der Waals surface area (Å²) in [7, 11) is 2.08. The van der Waals surface area contributed by atoms with Gasteiger partial charge in [-0.05, 0) is 36.9 Å². The largest absolute Gasteiger partial charge is 0.338 e. The number of carbonyl (C=O) groups excluding carboxylic acids is 2. The summed E-state index contributed by atoms with van der Waals surface area (Å²) >= 11 is 0. The fourth-order valence-electron chi connectivity index (χ4n) is 5.66. The maximum Gasteiger partial charge on any atom is 0.253 e. The van der Waals surface area contributed by atoms with Crippen molar-refractivity contribution in [1.29, 1.82) is 5.26 Å². The summed E-state index contributed by atoms with van der Waals surface area (Å²) in [6.07, 6.45) is 1.49. The van der Waals surface area contributed by atoms with Gasteiger partial charge >= 0.3 is 0 Å². The Labute approximate surface area is 194 Å². The molecule has 0 aromatic heterocycles. The number of rotatable bonds is 3. The number of amides is 2. The van der Waals surface area contributed by atoms with Gasteiger partial charge in [0.05, 0.1) is 11.6 Å². The smallest absolute Gasteiger partial charge is 0.253 e. The first-order valence-corrected chi connectivity index (χ1v) is 11.6. The number of piperidine rings is 1. The van der Waals surface area contributed by atoms with Crippen LogP contribution in [0.1, 0.15) is 34.3 Å². The summed E-state index contributed by atoms with van der Waals surface area (Å²) in [4.78, 5) is 35.4. The molecule has 3 aliphatic heterocycles. The van der Waals surface area contributed by atoms with E-state index in [1.54, 1.807) is 24.3 Å². The zero-order valence-corrected chi connectivity index (χ0v) is 19.0. The third-order valence-electron chi connectivity index (χ3n) is 7.47. The minimum absolute atomic E-state index is 0.0109. The van der Waals surface area contributed by atoms with Crippen molar-refractivity contribution in [3.05, 3.63) is 71.3 Å². The monoisotopic (exact) mass is 443 g/mol. The van der Waals surface area contributed by atoms with Gasteiger partial charge in [-0.3, -0.25) is 14.5 Å². The number of nitriles is 1. The van der Waals surface area contributed by atoms with Crippen LogP contribution in [0.15, 0.2) is 54.6 Å². The Morgan fingerprint density at radius 3 is 2.39 bits per heavy atom. The van der Waals surface area contributed by atoms with Crippen molar-refractivity contribution in [2.24, 2.45) is 0 Å². The van der Waals surface area contributed by atoms with Crippen LogP contribution in [-0.4, -0.2) is 82.9 Å². The molecule has 2 aromatic carbocycles. The van der Waals surface area contributed by atoms with E-state index in [0.29, 0.717) is 30.8 Å². The normalized spacial score (nSPS) is 22.9. The Bertz CT molecular complexity index is 1070. The molecule has 0 radical (unpaired) electrons. The lowest BCUT2D eigenvalue weighted by atomic mass is 9.92. The van der Waals surface area contributed by atoms with Crippen LogP contribution in [0, 0.1) is 11.3 Å². The average Bonchev–Trinajstić information content (AvgIpc) is 3.07. The predicted octanol–water partition coefficient (Wildman–Crippen LogP) is 2.15. The van der Waals surface area contributed by atoms with Crippen molar-refractivity contribution in [2.75, 3.05) is 39.8 Å². The number of carbonyl (C=O) groups is 2. The van der Waals surface area contributed by atoms with Crippen molar-refractivity contribution in [1.82, 2.24) is 19.6 Å². The third kappa shape index (κ3) is 3.79. The molecule has 1 spiro atoms. The van der Waals surface area contributed by atoms with Gasteiger partial charge in [-0.1, -0.05) is 30.3 Å². The molecule has 0 saturated carbocycles. The highest BCUT2D eigenvalue weighted by Gasteiger charge is 2.58. The van der Waals surface area contributed by atoms with Crippen LogP contribution >= 0.6 is 0 Å². The Morgan fingerprint density at radius 2 is 1.73 bits per heavy atom. The molecule has 3 heterocycles. The van der Waals surface area contributed by atoms with Crippen LogP contribution in [0.2, 0.25) is 0 Å². The first kappa shape index (κ1) is 21.6. The van der Waals surface area contributed by atoms with E-state index in [9.17, 15) is 9.59 Å². The standard InChI is InChI=1S/C26H29N5O2/c1-28-15-16-30-23(19-28)25(33)31(18-21-5-3-2-4-6-21)26(30)11-13-29(14-12-26)24(32)22-9-7-20(17-27)8-10-22/h2-10,23H,11-16,18-19H2,1H3/t23-/m1/s1. The number of fused-ring (bicyclic) bond motifs is 2. The van der Waals surface area contributed by atoms with Crippen molar-refractivity contribution >= 4 is 11.8 Å². The first-order valence-electron chi connectivity index (χ1n) is 11.6. The number of hydrogen-bond donors (Lipinski definition) is 0. The quantitative estimate of drug-likeness (QED) is 0.727. The Kier molecular flexibility index (Phi) is 5.65. The molecule has 0 aliphatic carbocycles. The van der Waals surface area contributed by atoms with Crippen LogP contribution < -0.4 is 0 Å². The number of likely N-dealkylation sites (N-methyl/N-ethyl adjacent to an activating group) is 1. The lowest BCUT2D eigenvalue weighted by molar-refractivity contribution is -0.134. The summed E-state index contributed by atoms with van der Waals surface area (Å²) in [6.45, 7) is 4.37. The Morgan fingerprint density at radius 1 is 1.03 bits per heavy atom. The highest BCUT2D eigenvalue weighted by atomic mass is 16.2. The molecule has 0 bridgehead atoms. The van der Waals surface area contributed by atoms with E-state index in [0.717, 1.165) is 38.0 Å². The van der Waals surface area contributed by atoms with Crippen molar-refractivity contribution < 1.29 is 9.59 Å². The molecule has 5 rings (SSSR count). The van der Waals surface area contributed by atoms with Crippen LogP contribution in [0.25, 0.3) is 0 Å². The van der Waals surface area contributed by atoms with Gasteiger partial charge < -0.3 is 14.7 Å². The van der Waals surface area contributed by atoms with Gasteiger partial charge in [-0.2, -0.15) is 5.26 Å². The van der Waals surface area contributed by atoms with E-state index in [1.807, 2.05) is 23.1 Å². The SMILES string of the molecule is CN1CCN2[C@H](C1)C(=O)N(Cc1ccccc1)C21CCN(C(=O)c2ccc(C#N)cc2)CC1. The first-order chi connectivity index (χ1) is 16.0. The maximum absolute atomic E-state index is 13.6. The van der Waals surface area contributed by atoms with Gasteiger partial charge in [0.25, 0.3) is 5.91 Å². The summed E-state index contributed by atoms with van der Waals surface area (Å²) in [6, 6.07) is 19.0. The van der Waals surface area contributed by atoms with E-state index >= 15 is 0 Å². The van der Waals surface area contributed by atoms with E-state index in [2.05, 4.69) is 39.9 Å². The van der Waals surface area contributed by atoms with Crippen molar-refractivity contribution in [3.63, 3.8) is 0 Å². The van der Waals surface area contributed by atoms with Gasteiger partial charge in [-0.15, -0.1) is 0 Å². The van der Waals surface area contributed by atoms with Crippen LogP contribution in [0.4, 0.5) is 0 Å². The van der Waals surface area contributed by atoms with Crippen molar-refractivity contribution in [3.8, 4) is 6.07 Å². The van der Waals surface area contributed by atoms with Crippen LogP contribution in [-0.2, 0) is 11.3 Å². The lowest BCUT2D eigenvalue weighted by Gasteiger charge is -2.50. The zero-order valence-electron chi connectivity index (χ0n) is 19.0. The summed E-state index contributed by atoms with van der Waals surface area (Å²) < 4.78 is 0. The molecule has 3 fully saturated rings. The topological polar surface area (TPSA) is 70.9 Å². The molecule has 170 valence electrons. The fourth-order valence-corrected chi connectivity index (χ4v) is 5.66. The van der Waals surface area contributed by atoms with E-state index in [1.165, 1.54) is 0 Å². The Hall–Kier alpha value is -3.21. The molecule has 0 N–H and O–H groups in total. The zero-order chi connectivity index (χ0) is 23.0. The van der Waals surface area contributed by atoms with Gasteiger partial charge in [0.1, 0.15) is 11.7 Å².